The lowest BCUT2D eigenvalue weighted by molar-refractivity contribution is 0.188. The number of furan rings is 1. The standard InChI is InChI=1S/C18H17N5O/c1-2-23-5-3-13-14(7-19)17(22)18(10-20,11-21)16(15(13)8-23)12-4-6-24-9-12/h4,6,9,15-16,22H,2-3,5,8H2,1H3/t15-,16+/m0/s1. The maximum absolute atomic E-state index is 9.82. The molecule has 2 atom stereocenters. The smallest absolute Gasteiger partial charge is 0.193 e. The van der Waals surface area contributed by atoms with Crippen LogP contribution in [0.2, 0.25) is 0 Å². The molecule has 0 aromatic carbocycles. The molecule has 6 nitrogen and oxygen atoms in total. The molecular weight excluding hydrogens is 302 g/mol. The summed E-state index contributed by atoms with van der Waals surface area (Å²) in [4.78, 5) is 2.25. The minimum absolute atomic E-state index is 0.139. The molecular formula is C18H17N5O. The van der Waals surface area contributed by atoms with Crippen LogP contribution in [0.3, 0.4) is 0 Å². The predicted molar refractivity (Wildman–Crippen MR) is 85.7 cm³/mol. The molecule has 0 unspecified atom stereocenters. The Hall–Kier alpha value is -2.88. The van der Waals surface area contributed by atoms with Gasteiger partial charge in [-0.05, 0) is 30.2 Å². The Bertz CT molecular complexity index is 801. The Labute approximate surface area is 140 Å². The third-order valence-corrected chi connectivity index (χ3v) is 5.25. The number of likely N-dealkylation sites (tertiary alicyclic amines) is 1. The van der Waals surface area contributed by atoms with E-state index in [2.05, 4.69) is 30.0 Å². The second-order valence-electron chi connectivity index (χ2n) is 6.20. The van der Waals surface area contributed by atoms with Crippen molar-refractivity contribution >= 4 is 5.71 Å². The monoisotopic (exact) mass is 319 g/mol. The zero-order valence-corrected chi connectivity index (χ0v) is 13.4. The van der Waals surface area contributed by atoms with Crippen molar-refractivity contribution in [3.05, 3.63) is 35.3 Å². The summed E-state index contributed by atoms with van der Waals surface area (Å²) in [6.07, 6.45) is 3.74. The predicted octanol–water partition coefficient (Wildman–Crippen LogP) is 2.59. The highest BCUT2D eigenvalue weighted by Gasteiger charge is 2.55. The van der Waals surface area contributed by atoms with E-state index in [-0.39, 0.29) is 17.2 Å². The van der Waals surface area contributed by atoms with Crippen LogP contribution < -0.4 is 0 Å². The van der Waals surface area contributed by atoms with Gasteiger partial charge in [0, 0.05) is 24.9 Å². The van der Waals surface area contributed by atoms with Crippen LogP contribution in [0, 0.1) is 50.7 Å². The van der Waals surface area contributed by atoms with Gasteiger partial charge in [0.15, 0.2) is 5.41 Å². The van der Waals surface area contributed by atoms with E-state index in [0.717, 1.165) is 24.2 Å². The highest BCUT2D eigenvalue weighted by molar-refractivity contribution is 6.11. The minimum Gasteiger partial charge on any atom is -0.472 e. The minimum atomic E-state index is -1.67. The molecule has 1 fully saturated rings. The van der Waals surface area contributed by atoms with Gasteiger partial charge in [0.2, 0.25) is 0 Å². The van der Waals surface area contributed by atoms with Crippen LogP contribution in [0.1, 0.15) is 24.8 Å². The van der Waals surface area contributed by atoms with E-state index in [1.54, 1.807) is 12.3 Å². The van der Waals surface area contributed by atoms with Gasteiger partial charge in [-0.1, -0.05) is 6.92 Å². The fourth-order valence-electron chi connectivity index (χ4n) is 4.00. The molecule has 1 aliphatic carbocycles. The van der Waals surface area contributed by atoms with Crippen molar-refractivity contribution in [2.24, 2.45) is 11.3 Å². The Balaban J connectivity index is 2.25. The SMILES string of the molecule is CCN1CCC2=C(C#N)C(=N)C(C#N)(C#N)[C@H](c3ccoc3)[C@H]2C1. The zero-order chi connectivity index (χ0) is 17.3. The molecule has 0 spiro atoms. The van der Waals surface area contributed by atoms with Crippen molar-refractivity contribution < 1.29 is 4.42 Å². The molecule has 2 aliphatic rings. The van der Waals surface area contributed by atoms with E-state index in [4.69, 9.17) is 9.83 Å². The summed E-state index contributed by atoms with van der Waals surface area (Å²) in [5, 5.41) is 37.6. The number of hydrogen-bond acceptors (Lipinski definition) is 6. The van der Waals surface area contributed by atoms with Crippen molar-refractivity contribution in [3.8, 4) is 18.2 Å². The van der Waals surface area contributed by atoms with Crippen LogP contribution >= 0.6 is 0 Å². The van der Waals surface area contributed by atoms with Gasteiger partial charge in [0.1, 0.15) is 6.07 Å². The summed E-state index contributed by atoms with van der Waals surface area (Å²) in [5.41, 5.74) is 0.0238. The number of fused-ring (bicyclic) bond motifs is 1. The molecule has 1 aromatic rings. The summed E-state index contributed by atoms with van der Waals surface area (Å²) < 4.78 is 5.19. The van der Waals surface area contributed by atoms with E-state index in [1.165, 1.54) is 6.26 Å². The molecule has 1 N–H and O–H groups in total. The van der Waals surface area contributed by atoms with E-state index >= 15 is 0 Å². The highest BCUT2D eigenvalue weighted by Crippen LogP contribution is 2.52. The normalized spacial score (nSPS) is 26.2. The number of hydrogen-bond donors (Lipinski definition) is 1. The molecule has 1 aromatic heterocycles. The molecule has 24 heavy (non-hydrogen) atoms. The van der Waals surface area contributed by atoms with Gasteiger partial charge >= 0.3 is 0 Å². The van der Waals surface area contributed by atoms with Gasteiger partial charge in [-0.25, -0.2) is 0 Å². The van der Waals surface area contributed by atoms with Crippen LogP contribution in [0.5, 0.6) is 0 Å². The Kier molecular flexibility index (Phi) is 3.97. The maximum Gasteiger partial charge on any atom is 0.193 e. The quantitative estimate of drug-likeness (QED) is 0.900. The lowest BCUT2D eigenvalue weighted by atomic mass is 9.57. The number of nitrogens with zero attached hydrogens (tertiary/aromatic N) is 4. The highest BCUT2D eigenvalue weighted by atomic mass is 16.3. The molecule has 6 heteroatoms. The van der Waals surface area contributed by atoms with Gasteiger partial charge in [0.25, 0.3) is 0 Å². The van der Waals surface area contributed by atoms with Crippen LogP contribution in [0.4, 0.5) is 0 Å². The zero-order valence-electron chi connectivity index (χ0n) is 13.4. The first-order valence-electron chi connectivity index (χ1n) is 7.92. The van der Waals surface area contributed by atoms with Crippen LogP contribution in [-0.2, 0) is 0 Å². The summed E-state index contributed by atoms with van der Waals surface area (Å²) in [5.74, 6) is -0.639. The van der Waals surface area contributed by atoms with E-state index in [1.807, 2.05) is 0 Å². The fraction of sp³-hybridized carbons (Fsp3) is 0.444. The first-order valence-corrected chi connectivity index (χ1v) is 7.92. The van der Waals surface area contributed by atoms with Crippen LogP contribution in [0.15, 0.2) is 34.2 Å². The van der Waals surface area contributed by atoms with E-state index in [9.17, 15) is 15.8 Å². The molecule has 1 aliphatic heterocycles. The molecule has 3 rings (SSSR count). The third-order valence-electron chi connectivity index (χ3n) is 5.25. The molecule has 0 amide bonds. The average molecular weight is 319 g/mol. The van der Waals surface area contributed by atoms with Crippen molar-refractivity contribution in [2.45, 2.75) is 19.3 Å². The Morgan fingerprint density at radius 3 is 2.67 bits per heavy atom. The largest absolute Gasteiger partial charge is 0.472 e. The number of nitriles is 3. The van der Waals surface area contributed by atoms with Crippen molar-refractivity contribution in [2.75, 3.05) is 19.6 Å². The summed E-state index contributed by atoms with van der Waals surface area (Å²) in [7, 11) is 0. The van der Waals surface area contributed by atoms with Crippen LogP contribution in [0.25, 0.3) is 0 Å². The average Bonchev–Trinajstić information content (AvgIpc) is 3.14. The molecule has 0 bridgehead atoms. The van der Waals surface area contributed by atoms with Gasteiger partial charge in [0.05, 0.1) is 35.9 Å². The lowest BCUT2D eigenvalue weighted by Crippen LogP contribution is -2.50. The number of allylic oxidation sites excluding steroid dienone is 1. The summed E-state index contributed by atoms with van der Waals surface area (Å²) in [6.45, 7) is 4.43. The van der Waals surface area contributed by atoms with E-state index < -0.39 is 11.3 Å². The molecule has 120 valence electrons. The molecule has 0 radical (unpaired) electrons. The van der Waals surface area contributed by atoms with E-state index in [0.29, 0.717) is 13.0 Å². The van der Waals surface area contributed by atoms with Gasteiger partial charge in [-0.15, -0.1) is 0 Å². The second-order valence-corrected chi connectivity index (χ2v) is 6.20. The number of piperidine rings is 1. The first kappa shape index (κ1) is 16.0. The van der Waals surface area contributed by atoms with Crippen molar-refractivity contribution in [3.63, 3.8) is 0 Å². The molecule has 1 saturated heterocycles. The van der Waals surface area contributed by atoms with Gasteiger partial charge < -0.3 is 14.7 Å². The Morgan fingerprint density at radius 2 is 2.12 bits per heavy atom. The van der Waals surface area contributed by atoms with Crippen LogP contribution in [-0.4, -0.2) is 30.2 Å². The topological polar surface area (TPSA) is 112 Å². The van der Waals surface area contributed by atoms with Gasteiger partial charge in [-0.2, -0.15) is 15.8 Å². The maximum atomic E-state index is 9.82. The fourth-order valence-corrected chi connectivity index (χ4v) is 4.00. The Morgan fingerprint density at radius 1 is 1.38 bits per heavy atom. The van der Waals surface area contributed by atoms with Gasteiger partial charge in [-0.3, -0.25) is 0 Å². The third kappa shape index (κ3) is 2.07. The number of rotatable bonds is 2. The summed E-state index contributed by atoms with van der Waals surface area (Å²) in [6, 6.07) is 7.95. The lowest BCUT2D eigenvalue weighted by Gasteiger charge is -2.46. The molecule has 2 heterocycles. The number of nitrogens with one attached hydrogen (secondary N) is 1. The second kappa shape index (κ2) is 5.96. The van der Waals surface area contributed by atoms with Crippen molar-refractivity contribution in [1.82, 2.24) is 4.90 Å². The van der Waals surface area contributed by atoms with Crippen molar-refractivity contribution in [1.29, 1.82) is 21.2 Å². The molecule has 0 saturated carbocycles. The first-order chi connectivity index (χ1) is 11.6. The summed E-state index contributed by atoms with van der Waals surface area (Å²) >= 11 is 0.